The van der Waals surface area contributed by atoms with E-state index in [1.54, 1.807) is 12.1 Å². The van der Waals surface area contributed by atoms with Crippen LogP contribution in [0.5, 0.6) is 0 Å². The fourth-order valence-electron chi connectivity index (χ4n) is 4.42. The number of halogens is 2. The third kappa shape index (κ3) is 9.23. The number of hydrogen-bond donors (Lipinski definition) is 2. The van der Waals surface area contributed by atoms with Crippen LogP contribution >= 0.6 is 11.6 Å². The topological polar surface area (TPSA) is 128 Å². The van der Waals surface area contributed by atoms with Gasteiger partial charge in [0.15, 0.2) is 6.10 Å². The summed E-state index contributed by atoms with van der Waals surface area (Å²) < 4.78 is 29.2. The van der Waals surface area contributed by atoms with Crippen LogP contribution in [0.4, 0.5) is 4.39 Å². The molecule has 11 heteroatoms. The monoisotopic (exact) mass is 622 g/mol. The van der Waals surface area contributed by atoms with Gasteiger partial charge in [-0.05, 0) is 53.3 Å². The minimum Gasteiger partial charge on any atom is -0.428 e. The summed E-state index contributed by atoms with van der Waals surface area (Å²) in [7, 11) is 0. The molecule has 0 saturated heterocycles. The first-order valence-corrected chi connectivity index (χ1v) is 14.3. The van der Waals surface area contributed by atoms with Gasteiger partial charge < -0.3 is 24.4 Å². The number of aromatic nitrogens is 1. The quantitative estimate of drug-likeness (QED) is 0.138. The van der Waals surface area contributed by atoms with E-state index in [0.29, 0.717) is 5.02 Å². The zero-order valence-corrected chi connectivity index (χ0v) is 24.9. The molecule has 0 radical (unpaired) electrons. The molecule has 230 valence electrons. The van der Waals surface area contributed by atoms with E-state index in [0.717, 1.165) is 16.7 Å². The summed E-state index contributed by atoms with van der Waals surface area (Å²) in [6.45, 7) is 3.05. The predicted octanol–water partition coefficient (Wildman–Crippen LogP) is 5.98. The summed E-state index contributed by atoms with van der Waals surface area (Å²) in [4.78, 5) is 37.3. The number of ether oxygens (including phenoxy) is 2. The fraction of sp³-hybridized carbons (Fsp3) is 0.273. The molecule has 2 N–H and O–H groups in total. The molecule has 0 fully saturated rings. The highest BCUT2D eigenvalue weighted by Crippen LogP contribution is 2.25. The van der Waals surface area contributed by atoms with E-state index < -0.39 is 42.6 Å². The minimum atomic E-state index is -1.64. The zero-order chi connectivity index (χ0) is 31.6. The van der Waals surface area contributed by atoms with Crippen molar-refractivity contribution in [1.29, 1.82) is 0 Å². The maximum atomic E-state index is 14.2. The Morgan fingerprint density at radius 1 is 0.977 bits per heavy atom. The minimum absolute atomic E-state index is 0.0693. The Morgan fingerprint density at radius 2 is 1.73 bits per heavy atom. The molecule has 1 heterocycles. The molecule has 4 rings (SSSR count). The fourth-order valence-corrected chi connectivity index (χ4v) is 4.61. The van der Waals surface area contributed by atoms with E-state index in [4.69, 9.17) is 25.6 Å². The number of amides is 1. The molecule has 0 saturated carbocycles. The second kappa shape index (κ2) is 15.3. The van der Waals surface area contributed by atoms with E-state index >= 15 is 0 Å². The summed E-state index contributed by atoms with van der Waals surface area (Å²) >= 11 is 6.12. The number of hydrogen-bond acceptors (Lipinski definition) is 8. The third-order valence-corrected chi connectivity index (χ3v) is 6.82. The molecule has 0 aliphatic rings. The number of nitrogens with zero attached hydrogens (tertiary/aromatic N) is 1. The smallest absolute Gasteiger partial charge is 0.337 e. The van der Waals surface area contributed by atoms with E-state index in [1.165, 1.54) is 24.3 Å². The van der Waals surface area contributed by atoms with Gasteiger partial charge in [0.05, 0.1) is 0 Å². The zero-order valence-electron chi connectivity index (χ0n) is 24.2. The van der Waals surface area contributed by atoms with Gasteiger partial charge in [-0.25, -0.2) is 9.18 Å². The van der Waals surface area contributed by atoms with Gasteiger partial charge in [0, 0.05) is 35.5 Å². The molecular weight excluding hydrogens is 591 g/mol. The third-order valence-electron chi connectivity index (χ3n) is 6.59. The molecule has 44 heavy (non-hydrogen) atoms. The van der Waals surface area contributed by atoms with Crippen LogP contribution in [-0.4, -0.2) is 47.0 Å². The van der Waals surface area contributed by atoms with Crippen molar-refractivity contribution in [3.63, 3.8) is 0 Å². The molecule has 3 aromatic carbocycles. The van der Waals surface area contributed by atoms with Gasteiger partial charge in [-0.15, -0.1) is 0 Å². The van der Waals surface area contributed by atoms with Crippen LogP contribution in [0.3, 0.4) is 0 Å². The van der Waals surface area contributed by atoms with Crippen LogP contribution in [-0.2, 0) is 25.5 Å². The van der Waals surface area contributed by atoms with E-state index in [-0.39, 0.29) is 42.2 Å². The molecular formula is C33H32ClFN2O7. The molecule has 0 aliphatic carbocycles. The number of benzene rings is 3. The van der Waals surface area contributed by atoms with E-state index in [1.807, 2.05) is 56.3 Å². The summed E-state index contributed by atoms with van der Waals surface area (Å²) in [5, 5.41) is 17.8. The number of aliphatic hydroxyl groups is 1. The molecule has 1 aromatic heterocycles. The van der Waals surface area contributed by atoms with Crippen molar-refractivity contribution in [3.05, 3.63) is 101 Å². The molecule has 1 amide bonds. The Morgan fingerprint density at radius 3 is 2.43 bits per heavy atom. The maximum Gasteiger partial charge on any atom is 0.337 e. The SMILES string of the molecule is CC(C)CC(=O)OCOC(=O)C(O)CC(Cc1ccc(-c2cccc(Cl)c2)cc1)NC(=O)c1cc(-c2ccccc2F)no1. The molecule has 0 aliphatic heterocycles. The first-order valence-electron chi connectivity index (χ1n) is 14.0. The predicted molar refractivity (Wildman–Crippen MR) is 161 cm³/mol. The molecule has 0 spiro atoms. The Balaban J connectivity index is 1.46. The number of rotatable bonds is 13. The maximum absolute atomic E-state index is 14.2. The van der Waals surface area contributed by atoms with Crippen molar-refractivity contribution in [2.45, 2.75) is 45.3 Å². The normalized spacial score (nSPS) is 12.4. The first-order chi connectivity index (χ1) is 21.1. The van der Waals surface area contributed by atoms with Crippen LogP contribution in [0.15, 0.2) is 83.4 Å². The highest BCUT2D eigenvalue weighted by Gasteiger charge is 2.26. The molecule has 2 atom stereocenters. The summed E-state index contributed by atoms with van der Waals surface area (Å²) in [6.07, 6.45) is -1.48. The second-order valence-electron chi connectivity index (χ2n) is 10.6. The summed E-state index contributed by atoms with van der Waals surface area (Å²) in [6, 6.07) is 21.4. The van der Waals surface area contributed by atoms with Gasteiger partial charge in [0.1, 0.15) is 11.5 Å². The summed E-state index contributed by atoms with van der Waals surface area (Å²) in [5.41, 5.74) is 2.96. The van der Waals surface area contributed by atoms with Gasteiger partial charge in [0.25, 0.3) is 5.91 Å². The van der Waals surface area contributed by atoms with Crippen LogP contribution in [0.2, 0.25) is 5.02 Å². The number of nitrogens with one attached hydrogen (secondary N) is 1. The van der Waals surface area contributed by atoms with E-state index in [9.17, 15) is 23.9 Å². The number of carbonyl (C=O) groups excluding carboxylic acids is 3. The van der Waals surface area contributed by atoms with Crippen molar-refractivity contribution in [2.24, 2.45) is 5.92 Å². The molecule has 9 nitrogen and oxygen atoms in total. The van der Waals surface area contributed by atoms with Crippen molar-refractivity contribution >= 4 is 29.4 Å². The number of aliphatic hydroxyl groups excluding tert-OH is 1. The Bertz CT molecular complexity index is 1590. The van der Waals surface area contributed by atoms with Gasteiger partial charge in [-0.3, -0.25) is 9.59 Å². The Kier molecular flexibility index (Phi) is 11.2. The van der Waals surface area contributed by atoms with Crippen molar-refractivity contribution < 1.29 is 37.9 Å². The van der Waals surface area contributed by atoms with Crippen LogP contribution in [0.1, 0.15) is 42.8 Å². The lowest BCUT2D eigenvalue weighted by Gasteiger charge is -2.21. The van der Waals surface area contributed by atoms with Gasteiger partial charge in [0.2, 0.25) is 12.6 Å². The average molecular weight is 623 g/mol. The highest BCUT2D eigenvalue weighted by molar-refractivity contribution is 6.30. The largest absolute Gasteiger partial charge is 0.428 e. The summed E-state index contributed by atoms with van der Waals surface area (Å²) in [5.74, 6) is -2.86. The molecule has 2 unspecified atom stereocenters. The van der Waals surface area contributed by atoms with Crippen molar-refractivity contribution in [1.82, 2.24) is 10.5 Å². The lowest BCUT2D eigenvalue weighted by atomic mass is 9.97. The number of esters is 2. The van der Waals surface area contributed by atoms with Crippen LogP contribution in [0.25, 0.3) is 22.4 Å². The first kappa shape index (κ1) is 32.4. The average Bonchev–Trinajstić information content (AvgIpc) is 3.48. The lowest BCUT2D eigenvalue weighted by Crippen LogP contribution is -2.41. The molecule has 4 aromatic rings. The van der Waals surface area contributed by atoms with Gasteiger partial charge in [-0.1, -0.05) is 79.1 Å². The van der Waals surface area contributed by atoms with Gasteiger partial charge >= 0.3 is 11.9 Å². The second-order valence-corrected chi connectivity index (χ2v) is 11.0. The van der Waals surface area contributed by atoms with E-state index in [2.05, 4.69) is 10.5 Å². The van der Waals surface area contributed by atoms with Crippen molar-refractivity contribution in [2.75, 3.05) is 6.79 Å². The Labute approximate surface area is 258 Å². The highest BCUT2D eigenvalue weighted by atomic mass is 35.5. The van der Waals surface area contributed by atoms with Crippen LogP contribution in [0, 0.1) is 11.7 Å². The standard InChI is InChI=1S/C33H32ClFN2O7/c1-20(2)14-31(39)42-19-43-33(41)29(38)17-25(15-21-10-12-22(13-11-21)23-6-5-7-24(34)16-23)36-32(40)30-18-28(37-44-30)26-8-3-4-9-27(26)35/h3-13,16,18,20,25,29,38H,14-15,17,19H2,1-2H3,(H,36,40). The number of carbonyl (C=O) groups is 3. The van der Waals surface area contributed by atoms with Gasteiger partial charge in [-0.2, -0.15) is 0 Å². The lowest BCUT2D eigenvalue weighted by molar-refractivity contribution is -0.174. The Hall–Kier alpha value is -4.54. The molecule has 0 bridgehead atoms. The van der Waals surface area contributed by atoms with Crippen molar-refractivity contribution in [3.8, 4) is 22.4 Å². The van der Waals surface area contributed by atoms with Crippen LogP contribution < -0.4 is 5.32 Å².